The average molecular weight is 570 g/mol. The third-order valence-electron chi connectivity index (χ3n) is 6.55. The van der Waals surface area contributed by atoms with Crippen LogP contribution in [0.4, 0.5) is 8.78 Å². The molecule has 11 heteroatoms. The van der Waals surface area contributed by atoms with E-state index in [2.05, 4.69) is 31.2 Å². The number of hydrogen-bond acceptors (Lipinski definition) is 6. The molecule has 2 unspecified atom stereocenters. The van der Waals surface area contributed by atoms with E-state index in [-0.39, 0.29) is 23.9 Å². The molecule has 0 aliphatic rings. The predicted octanol–water partition coefficient (Wildman–Crippen LogP) is 3.97. The van der Waals surface area contributed by atoms with Gasteiger partial charge in [-0.15, -0.1) is 0 Å². The Balaban J connectivity index is 1.82. The highest BCUT2D eigenvalue weighted by atomic mass is 19.1. The number of halogens is 2. The molecular weight excluding hydrogens is 536 g/mol. The topological polar surface area (TPSA) is 128 Å². The summed E-state index contributed by atoms with van der Waals surface area (Å²) in [6, 6.07) is 10.5. The number of carbonyl (C=O) groups is 3. The highest BCUT2D eigenvalue weighted by Crippen LogP contribution is 2.26. The van der Waals surface area contributed by atoms with Crippen LogP contribution in [0.1, 0.15) is 63.1 Å². The van der Waals surface area contributed by atoms with E-state index in [9.17, 15) is 33.1 Å². The number of carboxylic acids is 1. The van der Waals surface area contributed by atoms with Crippen LogP contribution in [0.3, 0.4) is 0 Å². The van der Waals surface area contributed by atoms with Gasteiger partial charge in [-0.05, 0) is 41.2 Å². The van der Waals surface area contributed by atoms with Crippen LogP contribution < -0.4 is 15.6 Å². The van der Waals surface area contributed by atoms with Crippen LogP contribution in [-0.4, -0.2) is 45.2 Å². The van der Waals surface area contributed by atoms with Gasteiger partial charge in [0.25, 0.3) is 5.56 Å². The third-order valence-corrected chi connectivity index (χ3v) is 6.55. The molecule has 3 aromatic rings. The molecule has 0 aliphatic carbocycles. The van der Waals surface area contributed by atoms with Crippen molar-refractivity contribution in [2.75, 3.05) is 6.61 Å². The maximum absolute atomic E-state index is 13.9. The van der Waals surface area contributed by atoms with E-state index < -0.39 is 65.6 Å². The Morgan fingerprint density at radius 3 is 2.32 bits per heavy atom. The van der Waals surface area contributed by atoms with Gasteiger partial charge in [0.1, 0.15) is 12.6 Å². The normalized spacial score (nSPS) is 12.8. The number of aliphatic carboxylic acids is 1. The molecule has 218 valence electrons. The van der Waals surface area contributed by atoms with Crippen LogP contribution >= 0.6 is 0 Å². The smallest absolute Gasteiger partial charge is 0.305 e. The highest BCUT2D eigenvalue weighted by Gasteiger charge is 2.30. The van der Waals surface area contributed by atoms with Gasteiger partial charge < -0.3 is 15.2 Å². The first-order valence-corrected chi connectivity index (χ1v) is 13.1. The molecule has 1 aromatic heterocycles. The lowest BCUT2D eigenvalue weighted by Gasteiger charge is -2.23. The number of Topliss-reactive ketones (excluding diaryl/α,β-unsaturated/α-hetero) is 1. The second-order valence-corrected chi connectivity index (χ2v) is 10.6. The zero-order valence-corrected chi connectivity index (χ0v) is 23.3. The summed E-state index contributed by atoms with van der Waals surface area (Å²) in [7, 11) is 0. The van der Waals surface area contributed by atoms with Gasteiger partial charge in [0.15, 0.2) is 23.2 Å². The molecule has 2 aromatic carbocycles. The second kappa shape index (κ2) is 13.3. The van der Waals surface area contributed by atoms with Crippen molar-refractivity contribution in [1.82, 2.24) is 15.1 Å². The monoisotopic (exact) mass is 569 g/mol. The Labute approximate surface area is 236 Å². The van der Waals surface area contributed by atoms with Crippen LogP contribution in [0.15, 0.2) is 59.5 Å². The Hall–Kier alpha value is -4.41. The first-order chi connectivity index (χ1) is 19.3. The summed E-state index contributed by atoms with van der Waals surface area (Å²) >= 11 is 0. The number of carbonyl (C=O) groups excluding carboxylic acids is 2. The fourth-order valence-corrected chi connectivity index (χ4v) is 4.50. The highest BCUT2D eigenvalue weighted by molar-refractivity contribution is 5.94. The van der Waals surface area contributed by atoms with Crippen LogP contribution in [0.2, 0.25) is 0 Å². The minimum Gasteiger partial charge on any atom is -0.481 e. The molecule has 0 saturated carbocycles. The Morgan fingerprint density at radius 2 is 1.71 bits per heavy atom. The number of nitrogens with one attached hydrogen (secondary N) is 1. The van der Waals surface area contributed by atoms with Crippen LogP contribution in [-0.2, 0) is 26.3 Å². The van der Waals surface area contributed by atoms with Crippen molar-refractivity contribution in [3.8, 4) is 5.75 Å². The van der Waals surface area contributed by atoms with Crippen LogP contribution in [0.25, 0.3) is 0 Å². The van der Waals surface area contributed by atoms with Crippen LogP contribution in [0.5, 0.6) is 5.75 Å². The number of ether oxygens (including phenoxy) is 1. The number of para-hydroxylation sites is 1. The van der Waals surface area contributed by atoms with Gasteiger partial charge in [-0.1, -0.05) is 58.0 Å². The number of hydrogen-bond donors (Lipinski definition) is 2. The quantitative estimate of drug-likeness (QED) is 0.338. The molecule has 2 N–H and O–H groups in total. The van der Waals surface area contributed by atoms with Gasteiger partial charge in [-0.2, -0.15) is 5.10 Å². The number of ketones is 1. The number of carboxylic acid groups (broad SMARTS) is 1. The number of aromatic nitrogens is 2. The first kappa shape index (κ1) is 31.1. The van der Waals surface area contributed by atoms with E-state index >= 15 is 0 Å². The van der Waals surface area contributed by atoms with E-state index in [0.29, 0.717) is 0 Å². The van der Waals surface area contributed by atoms with Gasteiger partial charge in [0.2, 0.25) is 5.91 Å². The van der Waals surface area contributed by atoms with Gasteiger partial charge in [0, 0.05) is 11.8 Å². The molecule has 3 rings (SSSR count). The number of rotatable bonds is 12. The van der Waals surface area contributed by atoms with Crippen molar-refractivity contribution in [2.45, 2.75) is 64.5 Å². The molecule has 0 bridgehead atoms. The average Bonchev–Trinajstić information content (AvgIpc) is 2.90. The van der Waals surface area contributed by atoms with E-state index in [4.69, 9.17) is 4.74 Å². The molecule has 9 nitrogen and oxygen atoms in total. The van der Waals surface area contributed by atoms with E-state index in [1.165, 1.54) is 16.9 Å². The molecule has 1 heterocycles. The summed E-state index contributed by atoms with van der Waals surface area (Å²) in [5.41, 5.74) is 1.37. The van der Waals surface area contributed by atoms with E-state index in [1.807, 2.05) is 24.3 Å². The SMILES string of the molecule is CCC(C(=O)NC(CC(=O)O)C(=O)COc1c(F)cccc1F)c1ccnn(Cc2ccccc2C(C)(C)C)c1=O. The van der Waals surface area contributed by atoms with E-state index in [0.717, 1.165) is 29.3 Å². The van der Waals surface area contributed by atoms with Crippen molar-refractivity contribution < 1.29 is 33.0 Å². The Morgan fingerprint density at radius 1 is 1.05 bits per heavy atom. The largest absolute Gasteiger partial charge is 0.481 e. The zero-order valence-electron chi connectivity index (χ0n) is 23.3. The minimum atomic E-state index is -1.56. The Kier molecular flexibility index (Phi) is 10.1. The third kappa shape index (κ3) is 7.84. The molecule has 1 amide bonds. The van der Waals surface area contributed by atoms with E-state index in [1.54, 1.807) is 6.92 Å². The number of amides is 1. The summed E-state index contributed by atoms with van der Waals surface area (Å²) in [6.45, 7) is 7.12. The summed E-state index contributed by atoms with van der Waals surface area (Å²) in [4.78, 5) is 50.9. The van der Waals surface area contributed by atoms with Crippen molar-refractivity contribution in [1.29, 1.82) is 0 Å². The second-order valence-electron chi connectivity index (χ2n) is 10.6. The lowest BCUT2D eigenvalue weighted by atomic mass is 9.84. The standard InChI is InChI=1S/C30H33F2N3O6/c1-5-19(20-13-14-33-35(29(20)40)16-18-9-6-7-10-21(18)30(2,3)4)28(39)34-24(15-26(37)38)25(36)17-41-27-22(31)11-8-12-23(27)32/h6-14,19,24H,5,15-17H2,1-4H3,(H,34,39)(H,37,38). The first-order valence-electron chi connectivity index (χ1n) is 13.1. The Bertz CT molecular complexity index is 1460. The molecule has 0 spiro atoms. The van der Waals surface area contributed by atoms with Crippen molar-refractivity contribution in [3.63, 3.8) is 0 Å². The molecular formula is C30H33F2N3O6. The lowest BCUT2D eigenvalue weighted by Crippen LogP contribution is -2.46. The van der Waals surface area contributed by atoms with Gasteiger partial charge in [0.05, 0.1) is 18.9 Å². The molecule has 2 atom stereocenters. The maximum Gasteiger partial charge on any atom is 0.305 e. The summed E-state index contributed by atoms with van der Waals surface area (Å²) in [5, 5.41) is 15.9. The fraction of sp³-hybridized carbons (Fsp3) is 0.367. The van der Waals surface area contributed by atoms with Crippen molar-refractivity contribution in [2.24, 2.45) is 0 Å². The van der Waals surface area contributed by atoms with Gasteiger partial charge in [-0.25, -0.2) is 13.5 Å². The lowest BCUT2D eigenvalue weighted by molar-refractivity contribution is -0.140. The zero-order chi connectivity index (χ0) is 30.3. The summed E-state index contributed by atoms with van der Waals surface area (Å²) in [6.07, 6.45) is 0.770. The predicted molar refractivity (Wildman–Crippen MR) is 147 cm³/mol. The molecule has 41 heavy (non-hydrogen) atoms. The van der Waals surface area contributed by atoms with Gasteiger partial charge in [-0.3, -0.25) is 19.2 Å². The number of nitrogens with zero attached hydrogens (tertiary/aromatic N) is 2. The van der Waals surface area contributed by atoms with Crippen LogP contribution in [0, 0.1) is 11.6 Å². The molecule has 0 saturated heterocycles. The molecule has 0 aliphatic heterocycles. The van der Waals surface area contributed by atoms with Gasteiger partial charge >= 0.3 is 5.97 Å². The molecule has 0 radical (unpaired) electrons. The fourth-order valence-electron chi connectivity index (χ4n) is 4.50. The summed E-state index contributed by atoms with van der Waals surface area (Å²) < 4.78 is 34.0. The number of benzene rings is 2. The molecule has 0 fully saturated rings. The van der Waals surface area contributed by atoms with Crippen molar-refractivity contribution >= 4 is 17.7 Å². The summed E-state index contributed by atoms with van der Waals surface area (Å²) in [5.74, 6) is -6.96. The minimum absolute atomic E-state index is 0.124. The van der Waals surface area contributed by atoms with Crippen molar-refractivity contribution in [3.05, 3.63) is 93.4 Å². The maximum atomic E-state index is 13.9.